The number of benzene rings is 1. The number of hydrogen-bond donors (Lipinski definition) is 1. The van der Waals surface area contributed by atoms with Crippen LogP contribution in [0.1, 0.15) is 35.7 Å². The van der Waals surface area contributed by atoms with Crippen molar-refractivity contribution in [3.63, 3.8) is 0 Å². The average molecular weight is 219 g/mol. The highest BCUT2D eigenvalue weighted by molar-refractivity contribution is 5.96. The van der Waals surface area contributed by atoms with Crippen LogP contribution >= 0.6 is 0 Å². The molecule has 0 aliphatic carbocycles. The second-order valence-corrected chi connectivity index (χ2v) is 4.49. The Hall–Kier alpha value is -1.51. The molecule has 86 valence electrons. The van der Waals surface area contributed by atoms with E-state index in [0.717, 1.165) is 24.9 Å². The average Bonchev–Trinajstić information content (AvgIpc) is 2.63. The zero-order valence-corrected chi connectivity index (χ0v) is 9.73. The lowest BCUT2D eigenvalue weighted by atomic mass is 10.1. The SMILES string of the molecule is Cc1cc(O)ccc1C(=O)N1CCCC1C. The first-order chi connectivity index (χ1) is 7.59. The van der Waals surface area contributed by atoms with E-state index in [9.17, 15) is 9.90 Å². The van der Waals surface area contributed by atoms with Gasteiger partial charge in [0.15, 0.2) is 0 Å². The van der Waals surface area contributed by atoms with Crippen molar-refractivity contribution in [3.8, 4) is 5.75 Å². The van der Waals surface area contributed by atoms with Gasteiger partial charge in [-0.05, 0) is 50.5 Å². The van der Waals surface area contributed by atoms with Crippen LogP contribution in [-0.2, 0) is 0 Å². The van der Waals surface area contributed by atoms with Crippen LogP contribution in [0.2, 0.25) is 0 Å². The molecule has 0 aromatic heterocycles. The maximum absolute atomic E-state index is 12.2. The van der Waals surface area contributed by atoms with Crippen LogP contribution in [0.25, 0.3) is 0 Å². The van der Waals surface area contributed by atoms with Gasteiger partial charge in [0, 0.05) is 18.2 Å². The molecule has 3 nitrogen and oxygen atoms in total. The minimum atomic E-state index is 0.0856. The minimum Gasteiger partial charge on any atom is -0.508 e. The largest absolute Gasteiger partial charge is 0.508 e. The number of hydrogen-bond acceptors (Lipinski definition) is 2. The normalized spacial score (nSPS) is 20.1. The van der Waals surface area contributed by atoms with E-state index in [1.807, 2.05) is 11.8 Å². The smallest absolute Gasteiger partial charge is 0.254 e. The first-order valence-corrected chi connectivity index (χ1v) is 5.70. The molecule has 1 unspecified atom stereocenters. The van der Waals surface area contributed by atoms with Crippen molar-refractivity contribution in [1.29, 1.82) is 0 Å². The van der Waals surface area contributed by atoms with Gasteiger partial charge in [0.25, 0.3) is 5.91 Å². The van der Waals surface area contributed by atoms with Crippen molar-refractivity contribution in [3.05, 3.63) is 29.3 Å². The summed E-state index contributed by atoms with van der Waals surface area (Å²) in [6, 6.07) is 5.24. The van der Waals surface area contributed by atoms with Crippen molar-refractivity contribution >= 4 is 5.91 Å². The molecule has 0 bridgehead atoms. The van der Waals surface area contributed by atoms with Crippen LogP contribution in [-0.4, -0.2) is 28.5 Å². The van der Waals surface area contributed by atoms with Crippen molar-refractivity contribution in [1.82, 2.24) is 4.90 Å². The van der Waals surface area contributed by atoms with E-state index in [2.05, 4.69) is 6.92 Å². The molecule has 1 N–H and O–H groups in total. The summed E-state index contributed by atoms with van der Waals surface area (Å²) in [6.45, 7) is 4.79. The number of amides is 1. The van der Waals surface area contributed by atoms with Crippen LogP contribution in [0.5, 0.6) is 5.75 Å². The van der Waals surface area contributed by atoms with Crippen LogP contribution < -0.4 is 0 Å². The molecule has 1 aromatic carbocycles. The standard InChI is InChI=1S/C13H17NO2/c1-9-8-11(15)5-6-12(9)13(16)14-7-3-4-10(14)2/h5-6,8,10,15H,3-4,7H2,1-2H3. The third kappa shape index (κ3) is 1.90. The molecule has 16 heavy (non-hydrogen) atoms. The zero-order chi connectivity index (χ0) is 11.7. The molecule has 1 heterocycles. The Bertz CT molecular complexity index is 414. The van der Waals surface area contributed by atoms with Crippen molar-refractivity contribution < 1.29 is 9.90 Å². The highest BCUT2D eigenvalue weighted by Crippen LogP contribution is 2.22. The highest BCUT2D eigenvalue weighted by atomic mass is 16.3. The summed E-state index contributed by atoms with van der Waals surface area (Å²) >= 11 is 0. The third-order valence-electron chi connectivity index (χ3n) is 3.25. The van der Waals surface area contributed by atoms with Gasteiger partial charge in [0.1, 0.15) is 5.75 Å². The molecule has 3 heteroatoms. The Labute approximate surface area is 95.7 Å². The third-order valence-corrected chi connectivity index (χ3v) is 3.25. The molecule has 1 aliphatic rings. The molecular weight excluding hydrogens is 202 g/mol. The van der Waals surface area contributed by atoms with Gasteiger partial charge in [-0.1, -0.05) is 0 Å². The predicted molar refractivity (Wildman–Crippen MR) is 62.6 cm³/mol. The van der Waals surface area contributed by atoms with Gasteiger partial charge in [-0.25, -0.2) is 0 Å². The van der Waals surface area contributed by atoms with E-state index in [1.165, 1.54) is 0 Å². The first-order valence-electron chi connectivity index (χ1n) is 5.70. The molecule has 1 fully saturated rings. The summed E-state index contributed by atoms with van der Waals surface area (Å²) in [7, 11) is 0. The number of likely N-dealkylation sites (tertiary alicyclic amines) is 1. The topological polar surface area (TPSA) is 40.5 Å². The molecule has 1 saturated heterocycles. The lowest BCUT2D eigenvalue weighted by Crippen LogP contribution is -2.33. The zero-order valence-electron chi connectivity index (χ0n) is 9.73. The van der Waals surface area contributed by atoms with Crippen LogP contribution in [0.3, 0.4) is 0 Å². The highest BCUT2D eigenvalue weighted by Gasteiger charge is 2.26. The number of carbonyl (C=O) groups is 1. The molecule has 1 atom stereocenters. The van der Waals surface area contributed by atoms with Crippen molar-refractivity contribution in [2.75, 3.05) is 6.54 Å². The number of nitrogens with zero attached hydrogens (tertiary/aromatic N) is 1. The number of carbonyl (C=O) groups excluding carboxylic acids is 1. The second kappa shape index (κ2) is 4.16. The maximum atomic E-state index is 12.2. The minimum absolute atomic E-state index is 0.0856. The molecule has 0 saturated carbocycles. The quantitative estimate of drug-likeness (QED) is 0.787. The Kier molecular flexibility index (Phi) is 2.86. The lowest BCUT2D eigenvalue weighted by Gasteiger charge is -2.22. The van der Waals surface area contributed by atoms with Crippen LogP contribution in [0.4, 0.5) is 0 Å². The fraction of sp³-hybridized carbons (Fsp3) is 0.462. The molecule has 1 amide bonds. The van der Waals surface area contributed by atoms with Crippen molar-refractivity contribution in [2.24, 2.45) is 0 Å². The van der Waals surface area contributed by atoms with E-state index in [4.69, 9.17) is 0 Å². The van der Waals surface area contributed by atoms with Crippen molar-refractivity contribution in [2.45, 2.75) is 32.7 Å². The van der Waals surface area contributed by atoms with E-state index in [1.54, 1.807) is 18.2 Å². The fourth-order valence-electron chi connectivity index (χ4n) is 2.28. The molecule has 0 radical (unpaired) electrons. The molecule has 1 aromatic rings. The summed E-state index contributed by atoms with van der Waals surface area (Å²) in [5.41, 5.74) is 1.54. The molecule has 0 spiro atoms. The molecule has 2 rings (SSSR count). The second-order valence-electron chi connectivity index (χ2n) is 4.49. The van der Waals surface area contributed by atoms with Gasteiger partial charge in [-0.3, -0.25) is 4.79 Å². The summed E-state index contributed by atoms with van der Waals surface area (Å²) in [5.74, 6) is 0.297. The van der Waals surface area contributed by atoms with Gasteiger partial charge in [0.2, 0.25) is 0 Å². The van der Waals surface area contributed by atoms with E-state index in [-0.39, 0.29) is 11.7 Å². The Balaban J connectivity index is 2.27. The monoisotopic (exact) mass is 219 g/mol. The maximum Gasteiger partial charge on any atom is 0.254 e. The number of aryl methyl sites for hydroxylation is 1. The van der Waals surface area contributed by atoms with Crippen LogP contribution in [0.15, 0.2) is 18.2 Å². The lowest BCUT2D eigenvalue weighted by molar-refractivity contribution is 0.0746. The first kappa shape index (κ1) is 11.0. The van der Waals surface area contributed by atoms with E-state index in [0.29, 0.717) is 11.6 Å². The van der Waals surface area contributed by atoms with E-state index < -0.39 is 0 Å². The summed E-state index contributed by atoms with van der Waals surface area (Å²) in [6.07, 6.45) is 2.17. The molecular formula is C13H17NO2. The van der Waals surface area contributed by atoms with Gasteiger partial charge >= 0.3 is 0 Å². The Morgan fingerprint density at radius 1 is 1.50 bits per heavy atom. The van der Waals surface area contributed by atoms with E-state index >= 15 is 0 Å². The Morgan fingerprint density at radius 3 is 2.81 bits per heavy atom. The summed E-state index contributed by atoms with van der Waals surface area (Å²) < 4.78 is 0. The number of rotatable bonds is 1. The summed E-state index contributed by atoms with van der Waals surface area (Å²) in [5, 5.41) is 9.31. The molecule has 1 aliphatic heterocycles. The Morgan fingerprint density at radius 2 is 2.25 bits per heavy atom. The number of phenolic OH excluding ortho intramolecular Hbond substituents is 1. The van der Waals surface area contributed by atoms with Gasteiger partial charge in [-0.2, -0.15) is 0 Å². The predicted octanol–water partition coefficient (Wildman–Crippen LogP) is 2.33. The van der Waals surface area contributed by atoms with Crippen LogP contribution in [0, 0.1) is 6.92 Å². The van der Waals surface area contributed by atoms with Gasteiger partial charge in [0.05, 0.1) is 0 Å². The van der Waals surface area contributed by atoms with Gasteiger partial charge < -0.3 is 10.0 Å². The number of aromatic hydroxyl groups is 1. The number of phenols is 1. The summed E-state index contributed by atoms with van der Waals surface area (Å²) in [4.78, 5) is 14.1. The fourth-order valence-corrected chi connectivity index (χ4v) is 2.28. The van der Waals surface area contributed by atoms with Gasteiger partial charge in [-0.15, -0.1) is 0 Å².